The smallest absolute Gasteiger partial charge is 0.242 e. The van der Waals surface area contributed by atoms with Crippen LogP contribution in [0.4, 0.5) is 5.69 Å². The SMILES string of the molecule is CC(C(=O)Nc1cccc(CNC2CC2)c1)S(C)(=O)=O. The average Bonchev–Trinajstić information content (AvgIpc) is 3.19. The van der Waals surface area contributed by atoms with Crippen LogP contribution in [0, 0.1) is 0 Å². The fraction of sp³-hybridized carbons (Fsp3) is 0.500. The number of hydrogen-bond acceptors (Lipinski definition) is 4. The second kappa shape index (κ2) is 5.93. The molecular formula is C14H20N2O3S. The van der Waals surface area contributed by atoms with Gasteiger partial charge in [0.1, 0.15) is 5.25 Å². The lowest BCUT2D eigenvalue weighted by molar-refractivity contribution is -0.115. The quantitative estimate of drug-likeness (QED) is 0.830. The fourth-order valence-electron chi connectivity index (χ4n) is 1.75. The van der Waals surface area contributed by atoms with Crippen molar-refractivity contribution in [2.75, 3.05) is 11.6 Å². The highest BCUT2D eigenvalue weighted by Crippen LogP contribution is 2.20. The van der Waals surface area contributed by atoms with Gasteiger partial charge in [0.05, 0.1) is 0 Å². The van der Waals surface area contributed by atoms with Crippen LogP contribution in [-0.4, -0.2) is 31.9 Å². The molecular weight excluding hydrogens is 276 g/mol. The summed E-state index contributed by atoms with van der Waals surface area (Å²) in [5.74, 6) is -0.500. The van der Waals surface area contributed by atoms with E-state index in [9.17, 15) is 13.2 Å². The van der Waals surface area contributed by atoms with Gasteiger partial charge in [-0.05, 0) is 37.5 Å². The van der Waals surface area contributed by atoms with Crippen molar-refractivity contribution < 1.29 is 13.2 Å². The minimum absolute atomic E-state index is 0.500. The molecule has 20 heavy (non-hydrogen) atoms. The molecule has 0 bridgehead atoms. The largest absolute Gasteiger partial charge is 0.325 e. The van der Waals surface area contributed by atoms with E-state index in [1.165, 1.54) is 19.8 Å². The zero-order valence-corrected chi connectivity index (χ0v) is 12.5. The Labute approximate surface area is 119 Å². The topological polar surface area (TPSA) is 75.3 Å². The molecule has 1 saturated carbocycles. The summed E-state index contributed by atoms with van der Waals surface area (Å²) in [7, 11) is -3.37. The van der Waals surface area contributed by atoms with Crippen molar-refractivity contribution >= 4 is 21.4 Å². The molecule has 0 heterocycles. The van der Waals surface area contributed by atoms with Gasteiger partial charge in [0.25, 0.3) is 0 Å². The molecule has 1 aliphatic carbocycles. The minimum Gasteiger partial charge on any atom is -0.325 e. The molecule has 0 aromatic heterocycles. The van der Waals surface area contributed by atoms with Crippen LogP contribution < -0.4 is 10.6 Å². The summed E-state index contributed by atoms with van der Waals surface area (Å²) in [4.78, 5) is 11.8. The van der Waals surface area contributed by atoms with E-state index in [1.54, 1.807) is 6.07 Å². The molecule has 0 aliphatic heterocycles. The highest BCUT2D eigenvalue weighted by Gasteiger charge is 2.23. The van der Waals surface area contributed by atoms with E-state index in [-0.39, 0.29) is 0 Å². The zero-order chi connectivity index (χ0) is 14.8. The molecule has 6 heteroatoms. The summed E-state index contributed by atoms with van der Waals surface area (Å²) in [6, 6.07) is 8.07. The maximum absolute atomic E-state index is 11.8. The molecule has 1 atom stereocenters. The van der Waals surface area contributed by atoms with Crippen LogP contribution in [0.25, 0.3) is 0 Å². The number of benzene rings is 1. The molecule has 1 aliphatic rings. The molecule has 0 radical (unpaired) electrons. The Morgan fingerprint density at radius 1 is 1.40 bits per heavy atom. The minimum atomic E-state index is -3.37. The van der Waals surface area contributed by atoms with E-state index < -0.39 is 21.0 Å². The molecule has 1 unspecified atom stereocenters. The van der Waals surface area contributed by atoms with Gasteiger partial charge >= 0.3 is 0 Å². The van der Waals surface area contributed by atoms with Crippen molar-refractivity contribution in [2.24, 2.45) is 0 Å². The number of hydrogen-bond donors (Lipinski definition) is 2. The van der Waals surface area contributed by atoms with Crippen molar-refractivity contribution in [1.29, 1.82) is 0 Å². The third kappa shape index (κ3) is 4.31. The van der Waals surface area contributed by atoms with Crippen molar-refractivity contribution in [3.63, 3.8) is 0 Å². The van der Waals surface area contributed by atoms with Gasteiger partial charge < -0.3 is 10.6 Å². The van der Waals surface area contributed by atoms with Crippen LogP contribution in [0.3, 0.4) is 0 Å². The molecule has 110 valence electrons. The van der Waals surface area contributed by atoms with E-state index in [2.05, 4.69) is 10.6 Å². The molecule has 2 rings (SSSR count). The molecule has 1 amide bonds. The summed E-state index contributed by atoms with van der Waals surface area (Å²) in [5.41, 5.74) is 1.70. The Balaban J connectivity index is 1.97. The number of sulfone groups is 1. The Morgan fingerprint density at radius 3 is 2.70 bits per heavy atom. The molecule has 0 saturated heterocycles. The first-order valence-corrected chi connectivity index (χ1v) is 8.64. The summed E-state index contributed by atoms with van der Waals surface area (Å²) in [5, 5.41) is 4.99. The van der Waals surface area contributed by atoms with E-state index in [4.69, 9.17) is 0 Å². The zero-order valence-electron chi connectivity index (χ0n) is 11.7. The number of rotatable bonds is 6. The Hall–Kier alpha value is -1.40. The van der Waals surface area contributed by atoms with E-state index in [0.717, 1.165) is 18.4 Å². The summed E-state index contributed by atoms with van der Waals surface area (Å²) >= 11 is 0. The number of carbonyl (C=O) groups excluding carboxylic acids is 1. The Morgan fingerprint density at radius 2 is 2.10 bits per heavy atom. The second-order valence-electron chi connectivity index (χ2n) is 5.32. The average molecular weight is 296 g/mol. The monoisotopic (exact) mass is 296 g/mol. The van der Waals surface area contributed by atoms with E-state index >= 15 is 0 Å². The fourth-order valence-corrected chi connectivity index (χ4v) is 2.19. The lowest BCUT2D eigenvalue weighted by atomic mass is 10.2. The van der Waals surface area contributed by atoms with Gasteiger partial charge in [-0.3, -0.25) is 4.79 Å². The van der Waals surface area contributed by atoms with Gasteiger partial charge in [-0.25, -0.2) is 8.42 Å². The molecule has 2 N–H and O–H groups in total. The van der Waals surface area contributed by atoms with Gasteiger partial charge in [-0.2, -0.15) is 0 Å². The normalized spacial score (nSPS) is 16.7. The predicted octanol–water partition coefficient (Wildman–Crippen LogP) is 1.31. The maximum Gasteiger partial charge on any atom is 0.242 e. The molecule has 1 aromatic carbocycles. The van der Waals surface area contributed by atoms with Crippen LogP contribution in [0.2, 0.25) is 0 Å². The van der Waals surface area contributed by atoms with Crippen molar-refractivity contribution in [2.45, 2.75) is 37.6 Å². The molecule has 5 nitrogen and oxygen atoms in total. The molecule has 1 aromatic rings. The third-order valence-corrected chi connectivity index (χ3v) is 4.88. The van der Waals surface area contributed by atoms with Crippen molar-refractivity contribution in [3.05, 3.63) is 29.8 Å². The Bertz CT molecular complexity index is 594. The van der Waals surface area contributed by atoms with Crippen LogP contribution in [0.1, 0.15) is 25.3 Å². The van der Waals surface area contributed by atoms with Crippen LogP contribution in [-0.2, 0) is 21.2 Å². The molecule has 0 spiro atoms. The number of carbonyl (C=O) groups is 1. The van der Waals surface area contributed by atoms with Crippen LogP contribution in [0.5, 0.6) is 0 Å². The van der Waals surface area contributed by atoms with Gasteiger partial charge in [0, 0.05) is 24.5 Å². The number of nitrogens with one attached hydrogen (secondary N) is 2. The van der Waals surface area contributed by atoms with Gasteiger partial charge in [0.15, 0.2) is 9.84 Å². The van der Waals surface area contributed by atoms with Gasteiger partial charge in [0.2, 0.25) is 5.91 Å². The van der Waals surface area contributed by atoms with Crippen LogP contribution in [0.15, 0.2) is 24.3 Å². The summed E-state index contributed by atoms with van der Waals surface area (Å²) in [6.45, 7) is 2.15. The third-order valence-electron chi connectivity index (χ3n) is 3.38. The van der Waals surface area contributed by atoms with Crippen molar-refractivity contribution in [1.82, 2.24) is 5.32 Å². The van der Waals surface area contributed by atoms with Crippen LogP contribution >= 0.6 is 0 Å². The number of anilines is 1. The highest BCUT2D eigenvalue weighted by molar-refractivity contribution is 7.92. The van der Waals surface area contributed by atoms with Gasteiger partial charge in [-0.1, -0.05) is 12.1 Å². The summed E-state index contributed by atoms with van der Waals surface area (Å²) < 4.78 is 22.7. The second-order valence-corrected chi connectivity index (χ2v) is 7.68. The highest BCUT2D eigenvalue weighted by atomic mass is 32.2. The van der Waals surface area contributed by atoms with Crippen molar-refractivity contribution in [3.8, 4) is 0 Å². The maximum atomic E-state index is 11.8. The lowest BCUT2D eigenvalue weighted by Gasteiger charge is -2.11. The standard InChI is InChI=1S/C14H20N2O3S/c1-10(20(2,18)19)14(17)16-13-5-3-4-11(8-13)9-15-12-6-7-12/h3-5,8,10,12,15H,6-7,9H2,1-2H3,(H,16,17). The predicted molar refractivity (Wildman–Crippen MR) is 79.2 cm³/mol. The first-order chi connectivity index (χ1) is 9.36. The van der Waals surface area contributed by atoms with E-state index in [0.29, 0.717) is 11.7 Å². The Kier molecular flexibility index (Phi) is 4.45. The van der Waals surface area contributed by atoms with Gasteiger partial charge in [-0.15, -0.1) is 0 Å². The summed E-state index contributed by atoms with van der Waals surface area (Å²) in [6.07, 6.45) is 3.51. The first-order valence-electron chi connectivity index (χ1n) is 6.68. The van der Waals surface area contributed by atoms with E-state index in [1.807, 2.05) is 18.2 Å². The first kappa shape index (κ1) is 15.0. The molecule has 1 fully saturated rings. The number of amides is 1. The lowest BCUT2D eigenvalue weighted by Crippen LogP contribution is -2.31.